The molecule has 1 spiro atoms. The Balaban J connectivity index is 2.04. The summed E-state index contributed by atoms with van der Waals surface area (Å²) in [5.41, 5.74) is -1.13. The van der Waals surface area contributed by atoms with E-state index in [2.05, 4.69) is 6.58 Å². The van der Waals surface area contributed by atoms with Crippen LogP contribution < -0.4 is 9.64 Å². The first-order valence-electron chi connectivity index (χ1n) is 10.3. The lowest BCUT2D eigenvalue weighted by atomic mass is 9.85. The van der Waals surface area contributed by atoms with Crippen molar-refractivity contribution >= 4 is 23.5 Å². The average molecular weight is 465 g/mol. The van der Waals surface area contributed by atoms with Gasteiger partial charge in [-0.15, -0.1) is 6.58 Å². The van der Waals surface area contributed by atoms with E-state index < -0.39 is 29.6 Å². The first-order valence-corrected chi connectivity index (χ1v) is 10.3. The summed E-state index contributed by atoms with van der Waals surface area (Å²) in [6.07, 6.45) is 0.352. The number of carbonyl (C=O) groups is 3. The number of hydrogen-bond acceptors (Lipinski definition) is 8. The molecular formula is C25H23NO8. The van der Waals surface area contributed by atoms with E-state index in [4.69, 9.17) is 18.9 Å². The molecule has 0 unspecified atom stereocenters. The van der Waals surface area contributed by atoms with Gasteiger partial charge >= 0.3 is 11.9 Å². The zero-order chi connectivity index (χ0) is 24.6. The number of fused-ring (bicyclic) bond motifs is 2. The topological polar surface area (TPSA) is 112 Å². The summed E-state index contributed by atoms with van der Waals surface area (Å²) in [7, 11) is 3.69. The molecule has 9 heteroatoms. The summed E-state index contributed by atoms with van der Waals surface area (Å²) in [6, 6.07) is 11.2. The standard InChI is InChI=1S/C25H23NO8/c1-5-12-26-16-9-7-6-8-15(16)25(24(26)30)20(23(29)33-4)19(22(28)32-3)21(34-25)14-10-11-17(27)18(13-14)31-2/h5-11,13,21,27H,1,12H2,2-4H3/t21-,25+/m0/s1. The fraction of sp³-hybridized carbons (Fsp3) is 0.240. The minimum Gasteiger partial charge on any atom is -0.504 e. The highest BCUT2D eigenvalue weighted by atomic mass is 16.6. The minimum absolute atomic E-state index is 0.123. The number of methoxy groups -OCH3 is 3. The third-order valence-corrected chi connectivity index (χ3v) is 5.91. The lowest BCUT2D eigenvalue weighted by molar-refractivity contribution is -0.148. The molecule has 0 radical (unpaired) electrons. The molecule has 2 aliphatic heterocycles. The Labute approximate surface area is 195 Å². The van der Waals surface area contributed by atoms with Gasteiger partial charge in [-0.25, -0.2) is 9.59 Å². The normalized spacial score (nSPS) is 21.0. The summed E-state index contributed by atoms with van der Waals surface area (Å²) in [5.74, 6) is -2.34. The van der Waals surface area contributed by atoms with Gasteiger partial charge in [0.2, 0.25) is 5.60 Å². The zero-order valence-electron chi connectivity index (χ0n) is 18.9. The molecule has 2 aliphatic rings. The number of para-hydroxylation sites is 1. The number of carbonyl (C=O) groups excluding carboxylic acids is 3. The van der Waals surface area contributed by atoms with Gasteiger partial charge in [0.1, 0.15) is 6.10 Å². The highest BCUT2D eigenvalue weighted by molar-refractivity contribution is 6.17. The highest BCUT2D eigenvalue weighted by Crippen LogP contribution is 2.57. The maximum atomic E-state index is 13.9. The Morgan fingerprint density at radius 3 is 2.50 bits per heavy atom. The van der Waals surface area contributed by atoms with E-state index in [0.717, 1.165) is 14.2 Å². The van der Waals surface area contributed by atoms with Crippen LogP contribution in [0.5, 0.6) is 11.5 Å². The second-order valence-electron chi connectivity index (χ2n) is 7.60. The van der Waals surface area contributed by atoms with Gasteiger partial charge in [0.15, 0.2) is 11.5 Å². The van der Waals surface area contributed by atoms with Crippen LogP contribution in [0.1, 0.15) is 17.2 Å². The van der Waals surface area contributed by atoms with Crippen LogP contribution in [0.3, 0.4) is 0 Å². The Morgan fingerprint density at radius 1 is 1.15 bits per heavy atom. The molecule has 2 atom stereocenters. The molecule has 0 fully saturated rings. The Kier molecular flexibility index (Phi) is 5.89. The van der Waals surface area contributed by atoms with Gasteiger partial charge in [0, 0.05) is 12.1 Å². The van der Waals surface area contributed by atoms with Crippen LogP contribution >= 0.6 is 0 Å². The van der Waals surface area contributed by atoms with Gasteiger partial charge in [0.25, 0.3) is 5.91 Å². The summed E-state index contributed by atoms with van der Waals surface area (Å²) in [4.78, 5) is 41.5. The molecule has 0 aromatic heterocycles. The van der Waals surface area contributed by atoms with Crippen molar-refractivity contribution < 1.29 is 38.4 Å². The Bertz CT molecular complexity index is 1230. The zero-order valence-corrected chi connectivity index (χ0v) is 18.9. The van der Waals surface area contributed by atoms with E-state index in [0.29, 0.717) is 16.8 Å². The van der Waals surface area contributed by atoms with E-state index in [1.807, 2.05) is 0 Å². The van der Waals surface area contributed by atoms with Crippen molar-refractivity contribution in [2.75, 3.05) is 32.8 Å². The van der Waals surface area contributed by atoms with Gasteiger partial charge in [-0.1, -0.05) is 30.3 Å². The van der Waals surface area contributed by atoms with Crippen molar-refractivity contribution in [2.45, 2.75) is 11.7 Å². The predicted molar refractivity (Wildman–Crippen MR) is 120 cm³/mol. The first kappa shape index (κ1) is 23.1. The van der Waals surface area contributed by atoms with Crippen LogP contribution in [0.15, 0.2) is 66.3 Å². The summed E-state index contributed by atoms with van der Waals surface area (Å²) < 4.78 is 21.6. The van der Waals surface area contributed by atoms with Crippen LogP contribution in [-0.4, -0.2) is 50.8 Å². The van der Waals surface area contributed by atoms with Crippen molar-refractivity contribution in [3.63, 3.8) is 0 Å². The van der Waals surface area contributed by atoms with E-state index in [9.17, 15) is 19.5 Å². The smallest absolute Gasteiger partial charge is 0.338 e. The summed E-state index contributed by atoms with van der Waals surface area (Å²) >= 11 is 0. The van der Waals surface area contributed by atoms with E-state index in [1.54, 1.807) is 30.3 Å². The molecule has 1 N–H and O–H groups in total. The van der Waals surface area contributed by atoms with Crippen LogP contribution in [0.4, 0.5) is 5.69 Å². The lowest BCUT2D eigenvalue weighted by Gasteiger charge is -2.27. The number of anilines is 1. The number of phenols is 1. The second-order valence-corrected chi connectivity index (χ2v) is 7.60. The molecule has 176 valence electrons. The average Bonchev–Trinajstić information content (AvgIpc) is 3.33. The first-order chi connectivity index (χ1) is 16.3. The third kappa shape index (κ3) is 3.16. The van der Waals surface area contributed by atoms with Gasteiger partial charge in [-0.05, 0) is 23.8 Å². The van der Waals surface area contributed by atoms with Crippen molar-refractivity contribution in [1.29, 1.82) is 0 Å². The van der Waals surface area contributed by atoms with Gasteiger partial charge in [-0.3, -0.25) is 4.79 Å². The number of benzene rings is 2. The number of ether oxygens (including phenoxy) is 4. The molecule has 34 heavy (non-hydrogen) atoms. The monoisotopic (exact) mass is 465 g/mol. The van der Waals surface area contributed by atoms with E-state index in [1.165, 1.54) is 30.2 Å². The quantitative estimate of drug-likeness (QED) is 0.512. The molecule has 2 aromatic carbocycles. The molecule has 0 saturated carbocycles. The number of phenolic OH excluding ortho intramolecular Hbond substituents is 1. The number of hydrogen-bond donors (Lipinski definition) is 1. The van der Waals surface area contributed by atoms with Crippen molar-refractivity contribution in [3.05, 3.63) is 77.4 Å². The second kappa shape index (κ2) is 8.68. The molecule has 2 aromatic rings. The lowest BCUT2D eigenvalue weighted by Crippen LogP contribution is -2.44. The Morgan fingerprint density at radius 2 is 1.85 bits per heavy atom. The predicted octanol–water partition coefficient (Wildman–Crippen LogP) is 2.54. The molecule has 2 heterocycles. The molecular weight excluding hydrogens is 442 g/mol. The van der Waals surface area contributed by atoms with Crippen LogP contribution in [0, 0.1) is 0 Å². The van der Waals surface area contributed by atoms with Crippen LogP contribution in [0.2, 0.25) is 0 Å². The molecule has 0 aliphatic carbocycles. The van der Waals surface area contributed by atoms with Gasteiger partial charge in [-0.2, -0.15) is 0 Å². The SMILES string of the molecule is C=CCN1C(=O)[C@@]2(O[C@@H](c3ccc(O)c(OC)c3)C(C(=O)OC)=C2C(=O)OC)c2ccccc21. The van der Waals surface area contributed by atoms with E-state index in [-0.39, 0.29) is 29.2 Å². The number of esters is 2. The van der Waals surface area contributed by atoms with Gasteiger partial charge in [0.05, 0.1) is 38.2 Å². The minimum atomic E-state index is -1.95. The number of nitrogens with zero attached hydrogens (tertiary/aromatic N) is 1. The van der Waals surface area contributed by atoms with Crippen LogP contribution in [0.25, 0.3) is 0 Å². The van der Waals surface area contributed by atoms with Crippen molar-refractivity contribution in [2.24, 2.45) is 0 Å². The number of rotatable bonds is 6. The molecule has 9 nitrogen and oxygen atoms in total. The summed E-state index contributed by atoms with van der Waals surface area (Å²) in [5, 5.41) is 10.0. The number of amides is 1. The largest absolute Gasteiger partial charge is 0.504 e. The van der Waals surface area contributed by atoms with E-state index >= 15 is 0 Å². The molecule has 0 saturated heterocycles. The van der Waals surface area contributed by atoms with Crippen LogP contribution in [-0.2, 0) is 34.2 Å². The van der Waals surface area contributed by atoms with Crippen molar-refractivity contribution in [1.82, 2.24) is 0 Å². The fourth-order valence-electron chi connectivity index (χ4n) is 4.47. The maximum absolute atomic E-state index is 13.9. The molecule has 4 rings (SSSR count). The number of aromatic hydroxyl groups is 1. The van der Waals surface area contributed by atoms with Crippen molar-refractivity contribution in [3.8, 4) is 11.5 Å². The Hall–Kier alpha value is -4.11. The maximum Gasteiger partial charge on any atom is 0.338 e. The fourth-order valence-corrected chi connectivity index (χ4v) is 4.47. The highest BCUT2D eigenvalue weighted by Gasteiger charge is 2.64. The molecule has 0 bridgehead atoms. The summed E-state index contributed by atoms with van der Waals surface area (Å²) in [6.45, 7) is 3.87. The molecule has 1 amide bonds. The third-order valence-electron chi connectivity index (χ3n) is 5.91. The van der Waals surface area contributed by atoms with Gasteiger partial charge < -0.3 is 29.0 Å².